The lowest BCUT2D eigenvalue weighted by molar-refractivity contribution is 0.243. The highest BCUT2D eigenvalue weighted by atomic mass is 14.8. The lowest BCUT2D eigenvalue weighted by Crippen LogP contribution is -2.28. The van der Waals surface area contributed by atoms with Crippen molar-refractivity contribution in [3.05, 3.63) is 0 Å². The maximum Gasteiger partial charge on any atom is -0.00206 e. The summed E-state index contributed by atoms with van der Waals surface area (Å²) in [5.74, 6) is 2.58. The SMILES string of the molecule is CCNCC(C)C(C)C(CC)CC. The van der Waals surface area contributed by atoms with Gasteiger partial charge in [-0.25, -0.2) is 0 Å². The first-order chi connectivity index (χ1) is 6.17. The van der Waals surface area contributed by atoms with Crippen molar-refractivity contribution in [2.45, 2.75) is 47.5 Å². The summed E-state index contributed by atoms with van der Waals surface area (Å²) >= 11 is 0. The van der Waals surface area contributed by atoms with Crippen molar-refractivity contribution in [1.82, 2.24) is 5.32 Å². The zero-order chi connectivity index (χ0) is 10.3. The molecule has 0 heterocycles. The minimum Gasteiger partial charge on any atom is -0.317 e. The second-order valence-electron chi connectivity index (χ2n) is 4.22. The van der Waals surface area contributed by atoms with E-state index in [1.807, 2.05) is 0 Å². The molecule has 1 heteroatoms. The van der Waals surface area contributed by atoms with Gasteiger partial charge in [0, 0.05) is 0 Å². The average Bonchev–Trinajstić information content (AvgIpc) is 2.15. The van der Waals surface area contributed by atoms with Crippen LogP contribution in [0.25, 0.3) is 0 Å². The fourth-order valence-electron chi connectivity index (χ4n) is 2.05. The molecule has 0 spiro atoms. The molecule has 0 aliphatic carbocycles. The molecule has 2 atom stereocenters. The van der Waals surface area contributed by atoms with E-state index >= 15 is 0 Å². The fourth-order valence-corrected chi connectivity index (χ4v) is 2.05. The van der Waals surface area contributed by atoms with Gasteiger partial charge in [0.1, 0.15) is 0 Å². The van der Waals surface area contributed by atoms with Crippen LogP contribution in [0.2, 0.25) is 0 Å². The number of rotatable bonds is 7. The van der Waals surface area contributed by atoms with Gasteiger partial charge >= 0.3 is 0 Å². The monoisotopic (exact) mass is 185 g/mol. The Labute approximate surface area is 84.3 Å². The fraction of sp³-hybridized carbons (Fsp3) is 1.00. The van der Waals surface area contributed by atoms with Crippen LogP contribution in [0.1, 0.15) is 47.5 Å². The van der Waals surface area contributed by atoms with E-state index in [-0.39, 0.29) is 0 Å². The van der Waals surface area contributed by atoms with E-state index in [1.54, 1.807) is 0 Å². The summed E-state index contributed by atoms with van der Waals surface area (Å²) in [7, 11) is 0. The van der Waals surface area contributed by atoms with Crippen LogP contribution < -0.4 is 5.32 Å². The van der Waals surface area contributed by atoms with Crippen molar-refractivity contribution >= 4 is 0 Å². The standard InChI is InChI=1S/C12H27N/c1-6-12(7-2)11(5)10(4)9-13-8-3/h10-13H,6-9H2,1-5H3. The molecule has 1 N–H and O–H groups in total. The lowest BCUT2D eigenvalue weighted by Gasteiger charge is -2.27. The molecule has 0 aliphatic heterocycles. The smallest absolute Gasteiger partial charge is 0.00206 e. The maximum absolute atomic E-state index is 3.43. The molecule has 80 valence electrons. The molecule has 13 heavy (non-hydrogen) atoms. The minimum absolute atomic E-state index is 0.810. The van der Waals surface area contributed by atoms with E-state index in [2.05, 4.69) is 39.9 Å². The van der Waals surface area contributed by atoms with Gasteiger partial charge in [0.2, 0.25) is 0 Å². The third-order valence-electron chi connectivity index (χ3n) is 3.41. The van der Waals surface area contributed by atoms with E-state index in [9.17, 15) is 0 Å². The van der Waals surface area contributed by atoms with Crippen LogP contribution in [0.4, 0.5) is 0 Å². The maximum atomic E-state index is 3.43. The minimum atomic E-state index is 0.810. The van der Waals surface area contributed by atoms with Crippen LogP contribution in [0.5, 0.6) is 0 Å². The van der Waals surface area contributed by atoms with Gasteiger partial charge < -0.3 is 5.32 Å². The van der Waals surface area contributed by atoms with Gasteiger partial charge in [-0.1, -0.05) is 47.5 Å². The van der Waals surface area contributed by atoms with Gasteiger partial charge in [-0.2, -0.15) is 0 Å². The molecule has 2 unspecified atom stereocenters. The third kappa shape index (κ3) is 4.66. The highest BCUT2D eigenvalue weighted by Gasteiger charge is 2.19. The second-order valence-corrected chi connectivity index (χ2v) is 4.22. The Morgan fingerprint density at radius 2 is 1.54 bits per heavy atom. The molecule has 0 fully saturated rings. The summed E-state index contributed by atoms with van der Waals surface area (Å²) in [6.45, 7) is 13.8. The van der Waals surface area contributed by atoms with Crippen molar-refractivity contribution in [2.24, 2.45) is 17.8 Å². The molecule has 0 amide bonds. The Balaban J connectivity index is 3.83. The Morgan fingerprint density at radius 3 is 1.92 bits per heavy atom. The lowest BCUT2D eigenvalue weighted by atomic mass is 9.81. The highest BCUT2D eigenvalue weighted by Crippen LogP contribution is 2.25. The van der Waals surface area contributed by atoms with Gasteiger partial charge in [0.05, 0.1) is 0 Å². The van der Waals surface area contributed by atoms with Crippen molar-refractivity contribution < 1.29 is 0 Å². The van der Waals surface area contributed by atoms with Crippen molar-refractivity contribution in [1.29, 1.82) is 0 Å². The molecule has 0 radical (unpaired) electrons. The zero-order valence-electron chi connectivity index (χ0n) is 10.1. The zero-order valence-corrected chi connectivity index (χ0v) is 10.1. The molecule has 0 aromatic carbocycles. The van der Waals surface area contributed by atoms with Gasteiger partial charge in [0.15, 0.2) is 0 Å². The molecule has 0 aromatic rings. The highest BCUT2D eigenvalue weighted by molar-refractivity contribution is 4.70. The third-order valence-corrected chi connectivity index (χ3v) is 3.41. The van der Waals surface area contributed by atoms with Crippen LogP contribution in [-0.4, -0.2) is 13.1 Å². The van der Waals surface area contributed by atoms with Crippen molar-refractivity contribution in [3.63, 3.8) is 0 Å². The quantitative estimate of drug-likeness (QED) is 0.641. The summed E-state index contributed by atoms with van der Waals surface area (Å²) in [6, 6.07) is 0. The van der Waals surface area contributed by atoms with Gasteiger partial charge in [-0.05, 0) is 30.8 Å². The molecule has 0 aliphatic rings. The van der Waals surface area contributed by atoms with Crippen molar-refractivity contribution in [2.75, 3.05) is 13.1 Å². The Kier molecular flexibility index (Phi) is 7.35. The summed E-state index contributed by atoms with van der Waals surface area (Å²) in [5, 5.41) is 3.43. The van der Waals surface area contributed by atoms with Gasteiger partial charge in [0.25, 0.3) is 0 Å². The van der Waals surface area contributed by atoms with E-state index in [0.717, 1.165) is 24.3 Å². The molecule has 0 bridgehead atoms. The predicted octanol–water partition coefficient (Wildman–Crippen LogP) is 3.30. The average molecular weight is 185 g/mol. The molecule has 0 saturated carbocycles. The molecule has 0 rings (SSSR count). The Hall–Kier alpha value is -0.0400. The largest absolute Gasteiger partial charge is 0.317 e. The number of nitrogens with one attached hydrogen (secondary N) is 1. The van der Waals surface area contributed by atoms with Crippen molar-refractivity contribution in [3.8, 4) is 0 Å². The topological polar surface area (TPSA) is 12.0 Å². The first-order valence-corrected chi connectivity index (χ1v) is 5.87. The summed E-state index contributed by atoms with van der Waals surface area (Å²) in [6.07, 6.45) is 2.66. The Bertz CT molecular complexity index is 108. The van der Waals surface area contributed by atoms with Crippen LogP contribution >= 0.6 is 0 Å². The summed E-state index contributed by atoms with van der Waals surface area (Å²) in [5.41, 5.74) is 0. The first kappa shape index (κ1) is 13.0. The normalized spacial score (nSPS) is 16.2. The summed E-state index contributed by atoms with van der Waals surface area (Å²) < 4.78 is 0. The van der Waals surface area contributed by atoms with E-state index in [1.165, 1.54) is 19.4 Å². The van der Waals surface area contributed by atoms with Gasteiger partial charge in [-0.15, -0.1) is 0 Å². The first-order valence-electron chi connectivity index (χ1n) is 5.87. The molecular formula is C12H27N. The predicted molar refractivity (Wildman–Crippen MR) is 60.9 cm³/mol. The number of hydrogen-bond donors (Lipinski definition) is 1. The van der Waals surface area contributed by atoms with E-state index < -0.39 is 0 Å². The number of hydrogen-bond acceptors (Lipinski definition) is 1. The van der Waals surface area contributed by atoms with Crippen LogP contribution in [-0.2, 0) is 0 Å². The van der Waals surface area contributed by atoms with Crippen LogP contribution in [0.3, 0.4) is 0 Å². The summed E-state index contributed by atoms with van der Waals surface area (Å²) in [4.78, 5) is 0. The second kappa shape index (κ2) is 7.37. The molecule has 0 aromatic heterocycles. The van der Waals surface area contributed by atoms with Crippen LogP contribution in [0.15, 0.2) is 0 Å². The molecule has 1 nitrogen and oxygen atoms in total. The van der Waals surface area contributed by atoms with Crippen LogP contribution in [0, 0.1) is 17.8 Å². The molecular weight excluding hydrogens is 158 g/mol. The molecule has 0 saturated heterocycles. The van der Waals surface area contributed by atoms with Gasteiger partial charge in [-0.3, -0.25) is 0 Å². The van der Waals surface area contributed by atoms with E-state index in [0.29, 0.717) is 0 Å². The van der Waals surface area contributed by atoms with E-state index in [4.69, 9.17) is 0 Å². The Morgan fingerprint density at radius 1 is 1.00 bits per heavy atom.